The van der Waals surface area contributed by atoms with Gasteiger partial charge in [-0.05, 0) is 69.4 Å². The highest BCUT2D eigenvalue weighted by molar-refractivity contribution is 8.00. The molecule has 0 saturated carbocycles. The zero-order chi connectivity index (χ0) is 23.4. The highest BCUT2D eigenvalue weighted by Gasteiger charge is 2.24. The van der Waals surface area contributed by atoms with Crippen LogP contribution in [-0.4, -0.2) is 41.0 Å². The molecule has 7 nitrogen and oxygen atoms in total. The Bertz CT molecular complexity index is 1190. The van der Waals surface area contributed by atoms with Gasteiger partial charge in [-0.1, -0.05) is 11.8 Å². The van der Waals surface area contributed by atoms with Gasteiger partial charge in [0.05, 0.1) is 30.4 Å². The van der Waals surface area contributed by atoms with Crippen LogP contribution in [0.3, 0.4) is 0 Å². The Morgan fingerprint density at radius 1 is 1.27 bits per heavy atom. The Morgan fingerprint density at radius 3 is 2.76 bits per heavy atom. The van der Waals surface area contributed by atoms with E-state index >= 15 is 0 Å². The first kappa shape index (κ1) is 23.8. The number of hydrogen-bond acceptors (Lipinski definition) is 7. The number of rotatable bonds is 9. The number of ether oxygens (including phenoxy) is 2. The van der Waals surface area contributed by atoms with Gasteiger partial charge in [-0.15, -0.1) is 11.3 Å². The lowest BCUT2D eigenvalue weighted by atomic mass is 9.97. The summed E-state index contributed by atoms with van der Waals surface area (Å²) in [5.41, 5.74) is 1.84. The van der Waals surface area contributed by atoms with Crippen molar-refractivity contribution >= 4 is 44.9 Å². The van der Waals surface area contributed by atoms with Crippen LogP contribution in [0.1, 0.15) is 37.1 Å². The summed E-state index contributed by atoms with van der Waals surface area (Å²) in [4.78, 5) is 33.2. The van der Waals surface area contributed by atoms with Crippen molar-refractivity contribution in [3.05, 3.63) is 45.1 Å². The molecule has 1 amide bonds. The summed E-state index contributed by atoms with van der Waals surface area (Å²) < 4.78 is 12.3. The second-order valence-corrected chi connectivity index (χ2v) is 10.3. The number of nitrogens with zero attached hydrogens (tertiary/aromatic N) is 2. The third kappa shape index (κ3) is 5.26. The maximum atomic E-state index is 13.5. The van der Waals surface area contributed by atoms with Crippen LogP contribution < -0.4 is 15.6 Å². The molecule has 4 rings (SSSR count). The predicted octanol–water partition coefficient (Wildman–Crippen LogP) is 4.50. The van der Waals surface area contributed by atoms with E-state index in [0.717, 1.165) is 41.6 Å². The number of carbonyl (C=O) groups is 1. The third-order valence-electron chi connectivity index (χ3n) is 5.64. The maximum Gasteiger partial charge on any atom is 0.263 e. The van der Waals surface area contributed by atoms with Crippen LogP contribution in [0.25, 0.3) is 10.2 Å². The molecule has 176 valence electrons. The Balaban J connectivity index is 1.58. The van der Waals surface area contributed by atoms with E-state index < -0.39 is 5.25 Å². The van der Waals surface area contributed by atoms with E-state index in [4.69, 9.17) is 14.5 Å². The van der Waals surface area contributed by atoms with E-state index in [1.165, 1.54) is 22.2 Å². The van der Waals surface area contributed by atoms with E-state index in [9.17, 15) is 9.59 Å². The van der Waals surface area contributed by atoms with Gasteiger partial charge in [-0.2, -0.15) is 0 Å². The van der Waals surface area contributed by atoms with Crippen molar-refractivity contribution in [3.63, 3.8) is 0 Å². The van der Waals surface area contributed by atoms with Gasteiger partial charge in [-0.3, -0.25) is 14.2 Å². The summed E-state index contributed by atoms with van der Waals surface area (Å²) in [5.74, 6) is 0.610. The van der Waals surface area contributed by atoms with Crippen molar-refractivity contribution < 1.29 is 14.3 Å². The number of anilines is 1. The molecule has 0 spiro atoms. The standard InChI is InChI=1S/C24H29N3O4S2/c1-4-31-17-11-9-16(10-12-17)25-21(28)15(2)32-24-26-22-20(23(29)27(24)13-14-30-3)18-7-5-6-8-19(18)33-22/h9-12,15H,4-8,13-14H2,1-3H3,(H,25,28)/t15-/m0/s1. The molecule has 0 aliphatic heterocycles. The van der Waals surface area contributed by atoms with E-state index in [1.807, 2.05) is 38.1 Å². The molecule has 1 aromatic carbocycles. The summed E-state index contributed by atoms with van der Waals surface area (Å²) in [6.07, 6.45) is 4.21. The van der Waals surface area contributed by atoms with Crippen LogP contribution in [0.2, 0.25) is 0 Å². The number of carbonyl (C=O) groups excluding carboxylic acids is 1. The average molecular weight is 488 g/mol. The van der Waals surface area contributed by atoms with Crippen LogP contribution >= 0.6 is 23.1 Å². The van der Waals surface area contributed by atoms with Crippen LogP contribution in [0, 0.1) is 0 Å². The smallest absolute Gasteiger partial charge is 0.263 e. The zero-order valence-corrected chi connectivity index (χ0v) is 20.8. The number of nitrogens with one attached hydrogen (secondary N) is 1. The maximum absolute atomic E-state index is 13.5. The monoisotopic (exact) mass is 487 g/mol. The molecular formula is C24H29N3O4S2. The molecule has 1 aliphatic rings. The van der Waals surface area contributed by atoms with Crippen LogP contribution in [0.5, 0.6) is 5.75 Å². The minimum Gasteiger partial charge on any atom is -0.494 e. The van der Waals surface area contributed by atoms with Gasteiger partial charge in [0.1, 0.15) is 10.6 Å². The van der Waals surface area contributed by atoms with Crippen LogP contribution in [-0.2, 0) is 28.9 Å². The molecular weight excluding hydrogens is 458 g/mol. The highest BCUT2D eigenvalue weighted by atomic mass is 32.2. The molecule has 0 bridgehead atoms. The molecule has 1 atom stereocenters. The summed E-state index contributed by atoms with van der Waals surface area (Å²) in [5, 5.41) is 3.80. The first-order chi connectivity index (χ1) is 16.0. The molecule has 0 saturated heterocycles. The Hall–Kier alpha value is -2.36. The Labute approximate surface area is 201 Å². The van der Waals surface area contributed by atoms with Crippen molar-refractivity contribution in [2.45, 2.75) is 56.5 Å². The number of fused-ring (bicyclic) bond motifs is 3. The molecule has 0 unspecified atom stereocenters. The molecule has 0 radical (unpaired) electrons. The summed E-state index contributed by atoms with van der Waals surface area (Å²) in [6.45, 7) is 5.15. The van der Waals surface area contributed by atoms with Gasteiger partial charge in [0.25, 0.3) is 5.56 Å². The molecule has 3 aromatic rings. The first-order valence-electron chi connectivity index (χ1n) is 11.3. The number of thioether (sulfide) groups is 1. The first-order valence-corrected chi connectivity index (χ1v) is 13.0. The fourth-order valence-electron chi connectivity index (χ4n) is 3.95. The molecule has 2 aromatic heterocycles. The van der Waals surface area contributed by atoms with Crippen molar-refractivity contribution in [3.8, 4) is 5.75 Å². The van der Waals surface area contributed by atoms with Crippen molar-refractivity contribution in [1.29, 1.82) is 0 Å². The van der Waals surface area contributed by atoms with E-state index in [0.29, 0.717) is 30.6 Å². The van der Waals surface area contributed by atoms with Gasteiger partial charge in [-0.25, -0.2) is 4.98 Å². The third-order valence-corrected chi connectivity index (χ3v) is 7.92. The summed E-state index contributed by atoms with van der Waals surface area (Å²) in [7, 11) is 1.61. The normalized spacial score (nSPS) is 14.2. The molecule has 0 fully saturated rings. The largest absolute Gasteiger partial charge is 0.494 e. The lowest BCUT2D eigenvalue weighted by Gasteiger charge is -2.16. The lowest BCUT2D eigenvalue weighted by molar-refractivity contribution is -0.115. The summed E-state index contributed by atoms with van der Waals surface area (Å²) >= 11 is 2.92. The number of aryl methyl sites for hydroxylation is 2. The minimum atomic E-state index is -0.440. The van der Waals surface area contributed by atoms with Gasteiger partial charge in [0.2, 0.25) is 5.91 Å². The Morgan fingerprint density at radius 2 is 2.03 bits per heavy atom. The van der Waals surface area contributed by atoms with Gasteiger partial charge in [0.15, 0.2) is 5.16 Å². The van der Waals surface area contributed by atoms with Crippen molar-refractivity contribution in [2.75, 3.05) is 25.6 Å². The number of aromatic nitrogens is 2. The predicted molar refractivity (Wildman–Crippen MR) is 134 cm³/mol. The average Bonchev–Trinajstić information content (AvgIpc) is 3.18. The summed E-state index contributed by atoms with van der Waals surface area (Å²) in [6, 6.07) is 7.28. The molecule has 1 aliphatic carbocycles. The van der Waals surface area contributed by atoms with E-state index in [-0.39, 0.29) is 11.5 Å². The fraction of sp³-hybridized carbons (Fsp3) is 0.458. The van der Waals surface area contributed by atoms with Gasteiger partial charge < -0.3 is 14.8 Å². The van der Waals surface area contributed by atoms with Gasteiger partial charge in [0, 0.05) is 17.7 Å². The Kier molecular flexibility index (Phi) is 7.72. The lowest BCUT2D eigenvalue weighted by Crippen LogP contribution is -2.28. The van der Waals surface area contributed by atoms with Crippen molar-refractivity contribution in [1.82, 2.24) is 9.55 Å². The van der Waals surface area contributed by atoms with Gasteiger partial charge >= 0.3 is 0 Å². The van der Waals surface area contributed by atoms with E-state index in [2.05, 4.69) is 5.32 Å². The SMILES string of the molecule is CCOc1ccc(NC(=O)[C@H](C)Sc2nc3sc4c(c3c(=O)n2CCOC)CCCC4)cc1. The topological polar surface area (TPSA) is 82.5 Å². The molecule has 2 heterocycles. The molecule has 1 N–H and O–H groups in total. The molecule has 33 heavy (non-hydrogen) atoms. The van der Waals surface area contributed by atoms with E-state index in [1.54, 1.807) is 23.0 Å². The zero-order valence-electron chi connectivity index (χ0n) is 19.2. The van der Waals surface area contributed by atoms with Crippen LogP contribution in [0.4, 0.5) is 5.69 Å². The fourth-order valence-corrected chi connectivity index (χ4v) is 6.18. The number of amides is 1. The number of thiophene rings is 1. The number of benzene rings is 1. The highest BCUT2D eigenvalue weighted by Crippen LogP contribution is 2.35. The van der Waals surface area contributed by atoms with Crippen molar-refractivity contribution in [2.24, 2.45) is 0 Å². The second-order valence-electron chi connectivity index (χ2n) is 7.94. The quantitative estimate of drug-likeness (QED) is 0.353. The number of hydrogen-bond donors (Lipinski definition) is 1. The molecule has 9 heteroatoms. The minimum absolute atomic E-state index is 0.0296. The number of methoxy groups -OCH3 is 1. The van der Waals surface area contributed by atoms with Crippen LogP contribution in [0.15, 0.2) is 34.2 Å². The second kappa shape index (κ2) is 10.7.